The summed E-state index contributed by atoms with van der Waals surface area (Å²) >= 11 is 0. The fraction of sp³-hybridized carbons (Fsp3) is 0.250. The van der Waals surface area contributed by atoms with Crippen LogP contribution in [0.2, 0.25) is 0 Å². The predicted octanol–water partition coefficient (Wildman–Crippen LogP) is 2.22. The summed E-state index contributed by atoms with van der Waals surface area (Å²) < 4.78 is 10.5. The lowest BCUT2D eigenvalue weighted by molar-refractivity contribution is -0.104. The van der Waals surface area contributed by atoms with Crippen LogP contribution in [-0.2, 0) is 4.79 Å². The molecule has 0 saturated carbocycles. The zero-order valence-electron chi connectivity index (χ0n) is 8.90. The zero-order chi connectivity index (χ0) is 11.1. The first kappa shape index (κ1) is 11.3. The summed E-state index contributed by atoms with van der Waals surface area (Å²) in [6.45, 7) is 2.12. The second kappa shape index (κ2) is 5.86. The molecule has 1 aromatic rings. The molecule has 0 fully saturated rings. The molecule has 80 valence electrons. The van der Waals surface area contributed by atoms with Crippen LogP contribution in [0.25, 0.3) is 0 Å². The lowest BCUT2D eigenvalue weighted by Gasteiger charge is -2.05. The van der Waals surface area contributed by atoms with Crippen molar-refractivity contribution in [2.24, 2.45) is 0 Å². The van der Waals surface area contributed by atoms with Crippen molar-refractivity contribution >= 4 is 6.29 Å². The largest absolute Gasteiger partial charge is 0.497 e. The Hall–Kier alpha value is -1.77. The van der Waals surface area contributed by atoms with Gasteiger partial charge in [0.2, 0.25) is 0 Å². The fourth-order valence-corrected chi connectivity index (χ4v) is 1.01. The second-order valence-corrected chi connectivity index (χ2v) is 3.06. The lowest BCUT2D eigenvalue weighted by Crippen LogP contribution is -1.95. The molecule has 0 N–H and O–H groups in total. The van der Waals surface area contributed by atoms with Crippen molar-refractivity contribution in [2.45, 2.75) is 6.92 Å². The summed E-state index contributed by atoms with van der Waals surface area (Å²) in [7, 11) is 1.61. The van der Waals surface area contributed by atoms with Gasteiger partial charge in [-0.1, -0.05) is 6.07 Å². The third-order valence-electron chi connectivity index (χ3n) is 1.88. The van der Waals surface area contributed by atoms with Gasteiger partial charge in [-0.3, -0.25) is 4.79 Å². The predicted molar refractivity (Wildman–Crippen MR) is 58.3 cm³/mol. The van der Waals surface area contributed by atoms with E-state index in [0.717, 1.165) is 17.8 Å². The van der Waals surface area contributed by atoms with E-state index in [1.165, 1.54) is 0 Å². The van der Waals surface area contributed by atoms with Gasteiger partial charge in [-0.2, -0.15) is 0 Å². The van der Waals surface area contributed by atoms with Crippen molar-refractivity contribution in [1.29, 1.82) is 0 Å². The number of hydrogen-bond donors (Lipinski definition) is 0. The highest BCUT2D eigenvalue weighted by molar-refractivity contribution is 5.71. The molecule has 0 heterocycles. The summed E-state index contributed by atoms with van der Waals surface area (Å²) in [5, 5.41) is 0. The van der Waals surface area contributed by atoms with E-state index in [1.807, 2.05) is 18.2 Å². The average Bonchev–Trinajstić information content (AvgIpc) is 2.29. The summed E-state index contributed by atoms with van der Waals surface area (Å²) in [4.78, 5) is 10.3. The van der Waals surface area contributed by atoms with Crippen LogP contribution in [-0.4, -0.2) is 20.0 Å². The maximum atomic E-state index is 10.3. The summed E-state index contributed by atoms with van der Waals surface area (Å²) in [5.41, 5.74) is 0.665. The molecule has 0 aromatic heterocycles. The molecule has 0 spiro atoms. The molecular weight excluding hydrogens is 192 g/mol. The Balaban J connectivity index is 2.54. The average molecular weight is 206 g/mol. The molecule has 1 aromatic carbocycles. The molecular formula is C12H14O3. The van der Waals surface area contributed by atoms with Gasteiger partial charge in [-0.05, 0) is 30.7 Å². The minimum atomic E-state index is 0.387. The van der Waals surface area contributed by atoms with Gasteiger partial charge in [0.15, 0.2) is 0 Å². The quantitative estimate of drug-likeness (QED) is 0.547. The van der Waals surface area contributed by atoms with Crippen molar-refractivity contribution in [1.82, 2.24) is 0 Å². The number of methoxy groups -OCH3 is 1. The standard InChI is InChI=1S/C12H14O3/c1-10(9-13)6-7-15-12-5-3-4-11(8-12)14-2/h3-6,8-9H,7H2,1-2H3. The van der Waals surface area contributed by atoms with Gasteiger partial charge in [0.1, 0.15) is 24.4 Å². The highest BCUT2D eigenvalue weighted by Crippen LogP contribution is 2.18. The molecule has 0 aliphatic carbocycles. The fourth-order valence-electron chi connectivity index (χ4n) is 1.01. The number of benzene rings is 1. The van der Waals surface area contributed by atoms with Gasteiger partial charge in [-0.15, -0.1) is 0 Å². The number of ether oxygens (including phenoxy) is 2. The van der Waals surface area contributed by atoms with Gasteiger partial charge in [0.25, 0.3) is 0 Å². The molecule has 0 aliphatic rings. The number of rotatable bonds is 5. The van der Waals surface area contributed by atoms with E-state index in [9.17, 15) is 4.79 Å². The maximum Gasteiger partial charge on any atom is 0.145 e. The maximum absolute atomic E-state index is 10.3. The topological polar surface area (TPSA) is 35.5 Å². The second-order valence-electron chi connectivity index (χ2n) is 3.06. The molecule has 0 atom stereocenters. The van der Waals surface area contributed by atoms with Crippen molar-refractivity contribution < 1.29 is 14.3 Å². The van der Waals surface area contributed by atoms with E-state index in [2.05, 4.69) is 0 Å². The van der Waals surface area contributed by atoms with E-state index in [0.29, 0.717) is 12.2 Å². The number of allylic oxidation sites excluding steroid dienone is 1. The number of carbonyl (C=O) groups excluding carboxylic acids is 1. The first-order valence-electron chi connectivity index (χ1n) is 4.65. The third-order valence-corrected chi connectivity index (χ3v) is 1.88. The molecule has 0 unspecified atom stereocenters. The number of carbonyl (C=O) groups is 1. The van der Waals surface area contributed by atoms with Crippen LogP contribution < -0.4 is 9.47 Å². The molecule has 0 aliphatic heterocycles. The van der Waals surface area contributed by atoms with Crippen LogP contribution in [0.4, 0.5) is 0 Å². The molecule has 15 heavy (non-hydrogen) atoms. The Bertz CT molecular complexity index is 356. The van der Waals surface area contributed by atoms with Gasteiger partial charge >= 0.3 is 0 Å². The zero-order valence-corrected chi connectivity index (χ0v) is 8.90. The normalized spacial score (nSPS) is 10.9. The Morgan fingerprint density at radius 2 is 2.13 bits per heavy atom. The van der Waals surface area contributed by atoms with E-state index in [-0.39, 0.29) is 0 Å². The van der Waals surface area contributed by atoms with E-state index in [4.69, 9.17) is 9.47 Å². The highest BCUT2D eigenvalue weighted by Gasteiger charge is 1.95. The van der Waals surface area contributed by atoms with Crippen LogP contribution in [0.1, 0.15) is 6.92 Å². The minimum absolute atomic E-state index is 0.387. The van der Waals surface area contributed by atoms with Crippen LogP contribution in [0.5, 0.6) is 11.5 Å². The summed E-state index contributed by atoms with van der Waals surface area (Å²) in [6.07, 6.45) is 2.53. The molecule has 3 nitrogen and oxygen atoms in total. The van der Waals surface area contributed by atoms with E-state index in [1.54, 1.807) is 26.2 Å². The van der Waals surface area contributed by atoms with Crippen molar-refractivity contribution in [3.63, 3.8) is 0 Å². The van der Waals surface area contributed by atoms with Crippen molar-refractivity contribution in [2.75, 3.05) is 13.7 Å². The highest BCUT2D eigenvalue weighted by atomic mass is 16.5. The van der Waals surface area contributed by atoms with Crippen LogP contribution in [0.3, 0.4) is 0 Å². The Kier molecular flexibility index (Phi) is 4.41. The Labute approximate surface area is 89.3 Å². The summed E-state index contributed by atoms with van der Waals surface area (Å²) in [6, 6.07) is 7.33. The van der Waals surface area contributed by atoms with Crippen molar-refractivity contribution in [3.8, 4) is 11.5 Å². The van der Waals surface area contributed by atoms with Gasteiger partial charge in [0.05, 0.1) is 7.11 Å². The van der Waals surface area contributed by atoms with Gasteiger partial charge in [0, 0.05) is 6.07 Å². The molecule has 1 rings (SSSR count). The molecule has 3 heteroatoms. The lowest BCUT2D eigenvalue weighted by atomic mass is 10.3. The first-order chi connectivity index (χ1) is 7.26. The van der Waals surface area contributed by atoms with Gasteiger partial charge in [-0.25, -0.2) is 0 Å². The monoisotopic (exact) mass is 206 g/mol. The van der Waals surface area contributed by atoms with Gasteiger partial charge < -0.3 is 9.47 Å². The summed E-state index contributed by atoms with van der Waals surface area (Å²) in [5.74, 6) is 1.48. The van der Waals surface area contributed by atoms with Crippen LogP contribution in [0, 0.1) is 0 Å². The molecule has 0 saturated heterocycles. The first-order valence-corrected chi connectivity index (χ1v) is 4.65. The number of hydrogen-bond acceptors (Lipinski definition) is 3. The number of aldehydes is 1. The SMILES string of the molecule is COc1cccc(OCC=C(C)C=O)c1. The van der Waals surface area contributed by atoms with Crippen LogP contribution >= 0.6 is 0 Å². The minimum Gasteiger partial charge on any atom is -0.497 e. The van der Waals surface area contributed by atoms with E-state index < -0.39 is 0 Å². The molecule has 0 radical (unpaired) electrons. The molecule has 0 bridgehead atoms. The smallest absolute Gasteiger partial charge is 0.145 e. The Morgan fingerprint density at radius 1 is 1.40 bits per heavy atom. The third kappa shape index (κ3) is 3.85. The van der Waals surface area contributed by atoms with E-state index >= 15 is 0 Å². The Morgan fingerprint density at radius 3 is 2.80 bits per heavy atom. The van der Waals surface area contributed by atoms with Crippen LogP contribution in [0.15, 0.2) is 35.9 Å². The van der Waals surface area contributed by atoms with Crippen molar-refractivity contribution in [3.05, 3.63) is 35.9 Å². The molecule has 0 amide bonds.